The van der Waals surface area contributed by atoms with Crippen LogP contribution in [0.1, 0.15) is 66.2 Å². The third kappa shape index (κ3) is 7.65. The number of hydrogen-bond acceptors (Lipinski definition) is 4. The first-order chi connectivity index (χ1) is 13.3. The highest BCUT2D eigenvalue weighted by molar-refractivity contribution is 5.84. The Kier molecular flexibility index (Phi) is 9.01. The van der Waals surface area contributed by atoms with E-state index in [-0.39, 0.29) is 23.4 Å². The standard InChI is InChI=1S/C24H36O4/c1-17(2)15-27-21-9-11-23(25)19(13-21)7-5-6-8-20-14-22(10-12-24(20)26)28-16-18(3)4/h5-6,13-14,17-20H,7-12,15-16H2,1-4H3/b6-5-/t19-,20+. The second-order valence-electron chi connectivity index (χ2n) is 8.76. The second kappa shape index (κ2) is 11.2. The Labute approximate surface area is 170 Å². The van der Waals surface area contributed by atoms with Gasteiger partial charge in [-0.15, -0.1) is 0 Å². The summed E-state index contributed by atoms with van der Waals surface area (Å²) in [5.41, 5.74) is 0. The van der Waals surface area contributed by atoms with Crippen LogP contribution in [0.25, 0.3) is 0 Å². The molecule has 0 aliphatic heterocycles. The molecule has 2 atom stereocenters. The van der Waals surface area contributed by atoms with E-state index in [1.165, 1.54) is 0 Å². The van der Waals surface area contributed by atoms with Crippen molar-refractivity contribution in [3.8, 4) is 0 Å². The van der Waals surface area contributed by atoms with Gasteiger partial charge in [0.2, 0.25) is 0 Å². The normalized spacial score (nSPS) is 23.4. The molecule has 4 heteroatoms. The molecule has 0 amide bonds. The molecule has 0 saturated heterocycles. The van der Waals surface area contributed by atoms with Gasteiger partial charge in [-0.3, -0.25) is 9.59 Å². The quantitative estimate of drug-likeness (QED) is 0.471. The first-order valence-electron chi connectivity index (χ1n) is 10.7. The molecule has 0 N–H and O–H groups in total. The number of rotatable bonds is 10. The minimum Gasteiger partial charge on any atom is -0.498 e. The third-order valence-corrected chi connectivity index (χ3v) is 4.99. The summed E-state index contributed by atoms with van der Waals surface area (Å²) in [6.45, 7) is 9.87. The van der Waals surface area contributed by atoms with Crippen LogP contribution in [0.5, 0.6) is 0 Å². The molecule has 0 saturated carbocycles. The highest BCUT2D eigenvalue weighted by Crippen LogP contribution is 2.26. The maximum absolute atomic E-state index is 12.2. The first kappa shape index (κ1) is 22.4. The van der Waals surface area contributed by atoms with Crippen LogP contribution in [0.15, 0.2) is 35.8 Å². The van der Waals surface area contributed by atoms with E-state index in [4.69, 9.17) is 9.47 Å². The highest BCUT2D eigenvalue weighted by atomic mass is 16.5. The molecule has 156 valence electrons. The Balaban J connectivity index is 1.85. The van der Waals surface area contributed by atoms with Crippen molar-refractivity contribution in [1.82, 2.24) is 0 Å². The third-order valence-electron chi connectivity index (χ3n) is 4.99. The van der Waals surface area contributed by atoms with Crippen LogP contribution >= 0.6 is 0 Å². The molecule has 2 aliphatic rings. The van der Waals surface area contributed by atoms with Crippen molar-refractivity contribution in [3.63, 3.8) is 0 Å². The lowest BCUT2D eigenvalue weighted by Gasteiger charge is -2.21. The average molecular weight is 389 g/mol. The van der Waals surface area contributed by atoms with E-state index in [1.54, 1.807) is 0 Å². The van der Waals surface area contributed by atoms with Gasteiger partial charge in [-0.2, -0.15) is 0 Å². The highest BCUT2D eigenvalue weighted by Gasteiger charge is 2.23. The molecule has 0 heterocycles. The van der Waals surface area contributed by atoms with E-state index >= 15 is 0 Å². The number of ether oxygens (including phenoxy) is 2. The smallest absolute Gasteiger partial charge is 0.140 e. The van der Waals surface area contributed by atoms with E-state index in [9.17, 15) is 9.59 Å². The number of carbonyl (C=O) groups is 2. The molecule has 0 aromatic rings. The Bertz CT molecular complexity index is 571. The van der Waals surface area contributed by atoms with E-state index in [0.717, 1.165) is 11.5 Å². The Hall–Kier alpha value is -1.84. The molecule has 0 aromatic heterocycles. The van der Waals surface area contributed by atoms with Crippen LogP contribution < -0.4 is 0 Å². The lowest BCUT2D eigenvalue weighted by atomic mass is 9.88. The number of Topliss-reactive ketones (excluding diaryl/α,β-unsaturated/α-hetero) is 2. The van der Waals surface area contributed by atoms with Gasteiger partial charge in [0.1, 0.15) is 11.6 Å². The SMILES string of the molecule is CC(C)COC1=C[C@H](C/C=C\C[C@@H]2C=C(OCC(C)C)CCC2=O)C(=O)CC1. The predicted molar refractivity (Wildman–Crippen MR) is 112 cm³/mol. The topological polar surface area (TPSA) is 52.6 Å². The van der Waals surface area contributed by atoms with Crippen molar-refractivity contribution in [2.24, 2.45) is 23.7 Å². The Morgan fingerprint density at radius 2 is 1.18 bits per heavy atom. The fourth-order valence-corrected chi connectivity index (χ4v) is 3.34. The molecule has 0 radical (unpaired) electrons. The molecule has 0 bridgehead atoms. The lowest BCUT2D eigenvalue weighted by molar-refractivity contribution is -0.123. The number of allylic oxidation sites excluding steroid dienone is 6. The van der Waals surface area contributed by atoms with E-state index in [2.05, 4.69) is 27.7 Å². The largest absolute Gasteiger partial charge is 0.498 e. The van der Waals surface area contributed by atoms with Crippen molar-refractivity contribution in [1.29, 1.82) is 0 Å². The van der Waals surface area contributed by atoms with Crippen molar-refractivity contribution in [2.45, 2.75) is 66.2 Å². The molecule has 0 fully saturated rings. The van der Waals surface area contributed by atoms with E-state index in [1.807, 2.05) is 24.3 Å². The molecule has 0 spiro atoms. The summed E-state index contributed by atoms with van der Waals surface area (Å²) in [4.78, 5) is 24.4. The summed E-state index contributed by atoms with van der Waals surface area (Å²) in [5.74, 6) is 3.20. The monoisotopic (exact) mass is 388 g/mol. The van der Waals surface area contributed by atoms with Gasteiger partial charge in [-0.1, -0.05) is 39.8 Å². The van der Waals surface area contributed by atoms with Crippen LogP contribution in [0.2, 0.25) is 0 Å². The molecule has 0 unspecified atom stereocenters. The Morgan fingerprint density at radius 3 is 1.54 bits per heavy atom. The fraction of sp³-hybridized carbons (Fsp3) is 0.667. The summed E-state index contributed by atoms with van der Waals surface area (Å²) < 4.78 is 11.6. The van der Waals surface area contributed by atoms with Crippen molar-refractivity contribution < 1.29 is 19.1 Å². The van der Waals surface area contributed by atoms with Gasteiger partial charge >= 0.3 is 0 Å². The van der Waals surface area contributed by atoms with Gasteiger partial charge < -0.3 is 9.47 Å². The van der Waals surface area contributed by atoms with Crippen molar-refractivity contribution in [3.05, 3.63) is 35.8 Å². The summed E-state index contributed by atoms with van der Waals surface area (Å²) in [7, 11) is 0. The van der Waals surface area contributed by atoms with Crippen LogP contribution in [-0.4, -0.2) is 24.8 Å². The molecule has 28 heavy (non-hydrogen) atoms. The molecule has 2 rings (SSSR count). The Morgan fingerprint density at radius 1 is 0.786 bits per heavy atom. The first-order valence-corrected chi connectivity index (χ1v) is 10.7. The van der Waals surface area contributed by atoms with Crippen LogP contribution in [0.4, 0.5) is 0 Å². The number of carbonyl (C=O) groups excluding carboxylic acids is 2. The van der Waals surface area contributed by atoms with Gasteiger partial charge in [0, 0.05) is 37.5 Å². The van der Waals surface area contributed by atoms with Crippen molar-refractivity contribution >= 4 is 11.6 Å². The van der Waals surface area contributed by atoms with Crippen molar-refractivity contribution in [2.75, 3.05) is 13.2 Å². The minimum atomic E-state index is -0.102. The summed E-state index contributed by atoms with van der Waals surface area (Å²) in [6.07, 6.45) is 11.9. The van der Waals surface area contributed by atoms with Crippen LogP contribution in [-0.2, 0) is 19.1 Å². The second-order valence-corrected chi connectivity index (χ2v) is 8.76. The molecular formula is C24H36O4. The summed E-state index contributed by atoms with van der Waals surface area (Å²) in [6, 6.07) is 0. The zero-order valence-corrected chi connectivity index (χ0v) is 17.9. The lowest BCUT2D eigenvalue weighted by Crippen LogP contribution is -2.19. The fourth-order valence-electron chi connectivity index (χ4n) is 3.34. The predicted octanol–water partition coefficient (Wildman–Crippen LogP) is 5.39. The molecule has 4 nitrogen and oxygen atoms in total. The maximum Gasteiger partial charge on any atom is 0.140 e. The van der Waals surface area contributed by atoms with Gasteiger partial charge in [-0.25, -0.2) is 0 Å². The van der Waals surface area contributed by atoms with Gasteiger partial charge in [-0.05, 0) is 36.8 Å². The molecular weight excluding hydrogens is 352 g/mol. The van der Waals surface area contributed by atoms with Gasteiger partial charge in [0.25, 0.3) is 0 Å². The zero-order chi connectivity index (χ0) is 20.5. The molecule has 0 aromatic carbocycles. The van der Waals surface area contributed by atoms with Crippen LogP contribution in [0, 0.1) is 23.7 Å². The van der Waals surface area contributed by atoms with E-state index in [0.29, 0.717) is 63.6 Å². The van der Waals surface area contributed by atoms with E-state index < -0.39 is 0 Å². The van der Waals surface area contributed by atoms with Gasteiger partial charge in [0.15, 0.2) is 0 Å². The average Bonchev–Trinajstić information content (AvgIpc) is 2.65. The number of hydrogen-bond donors (Lipinski definition) is 0. The maximum atomic E-state index is 12.2. The minimum absolute atomic E-state index is 0.102. The van der Waals surface area contributed by atoms with Gasteiger partial charge in [0.05, 0.1) is 24.7 Å². The number of ketones is 2. The summed E-state index contributed by atoms with van der Waals surface area (Å²) in [5, 5.41) is 0. The zero-order valence-electron chi connectivity index (χ0n) is 17.9. The molecule has 2 aliphatic carbocycles. The summed E-state index contributed by atoms with van der Waals surface area (Å²) >= 11 is 0. The van der Waals surface area contributed by atoms with Crippen LogP contribution in [0.3, 0.4) is 0 Å².